The molecule has 2 atom stereocenters. The Morgan fingerprint density at radius 2 is 0.683 bits per heavy atom. The highest BCUT2D eigenvalue weighted by molar-refractivity contribution is 7.69. The van der Waals surface area contributed by atoms with Crippen LogP contribution in [0.3, 0.4) is 0 Å². The van der Waals surface area contributed by atoms with Gasteiger partial charge in [-0.25, -0.2) is 4.90 Å². The number of hydrogen-bond donors (Lipinski definition) is 0. The van der Waals surface area contributed by atoms with Crippen molar-refractivity contribution in [2.24, 2.45) is 0 Å². The van der Waals surface area contributed by atoms with Gasteiger partial charge in [-0.1, -0.05) is 140 Å². The van der Waals surface area contributed by atoms with Crippen molar-refractivity contribution in [2.45, 2.75) is 12.2 Å². The molecule has 0 aromatic heterocycles. The molecule has 1 aliphatic rings. The van der Waals surface area contributed by atoms with Gasteiger partial charge in [0.2, 0.25) is 0 Å². The van der Waals surface area contributed by atoms with E-state index in [1.807, 2.05) is 140 Å². The molecule has 0 saturated carbocycles. The fraction of sp³-hybridized carbons (Fsp3) is 0.0588. The van der Waals surface area contributed by atoms with Crippen molar-refractivity contribution in [1.82, 2.24) is 0 Å². The number of carbonyl (C=O) groups is 2. The van der Waals surface area contributed by atoms with Crippen molar-refractivity contribution in [1.29, 1.82) is 0 Å². The van der Waals surface area contributed by atoms with Gasteiger partial charge in [-0.05, 0) is 12.1 Å². The normalized spacial score (nSPS) is 17.0. The summed E-state index contributed by atoms with van der Waals surface area (Å²) in [5.41, 5.74) is 0.495. The lowest BCUT2D eigenvalue weighted by Crippen LogP contribution is -2.35. The maximum atomic E-state index is 14.1. The average Bonchev–Trinajstić information content (AvgIpc) is 3.28. The van der Waals surface area contributed by atoms with E-state index in [4.69, 9.17) is 9.05 Å². The maximum Gasteiger partial charge on any atom is 0.266 e. The van der Waals surface area contributed by atoms with Gasteiger partial charge < -0.3 is 9.05 Å². The number of amides is 2. The zero-order valence-electron chi connectivity index (χ0n) is 22.1. The Morgan fingerprint density at radius 1 is 0.415 bits per heavy atom. The lowest BCUT2D eigenvalue weighted by atomic mass is 10.2. The first kappa shape index (κ1) is 27.2. The quantitative estimate of drug-likeness (QED) is 0.174. The van der Waals surface area contributed by atoms with Crippen molar-refractivity contribution >= 4 is 55.0 Å². The molecule has 1 saturated heterocycles. The molecule has 5 aromatic rings. The van der Waals surface area contributed by atoms with Crippen molar-refractivity contribution in [3.05, 3.63) is 152 Å². The minimum Gasteiger partial charge on any atom is -0.333 e. The number of para-hydroxylation sites is 1. The van der Waals surface area contributed by atoms with Gasteiger partial charge in [-0.15, -0.1) is 0 Å². The monoisotopic (exact) mass is 575 g/mol. The maximum absolute atomic E-state index is 14.1. The Labute approximate surface area is 242 Å². The van der Waals surface area contributed by atoms with Crippen molar-refractivity contribution in [3.8, 4) is 0 Å². The SMILES string of the molecule is O=C1[C@H](OP(c2ccccc2)c2ccccc2)[C@@H](OP(c2ccccc2)c2ccccc2)C(=O)N1c1ccccc1. The molecule has 0 N–H and O–H groups in total. The van der Waals surface area contributed by atoms with E-state index in [9.17, 15) is 9.59 Å². The third-order valence-corrected chi connectivity index (χ3v) is 10.6. The molecule has 1 aliphatic heterocycles. The highest BCUT2D eigenvalue weighted by Gasteiger charge is 2.52. The second kappa shape index (κ2) is 12.7. The van der Waals surface area contributed by atoms with Crippen LogP contribution in [0.5, 0.6) is 0 Å². The minimum absolute atomic E-state index is 0.429. The van der Waals surface area contributed by atoms with Crippen LogP contribution in [0.4, 0.5) is 5.69 Å². The predicted molar refractivity (Wildman–Crippen MR) is 167 cm³/mol. The second-order valence-corrected chi connectivity index (χ2v) is 13.0. The predicted octanol–water partition coefficient (Wildman–Crippen LogP) is 5.43. The fourth-order valence-electron chi connectivity index (χ4n) is 4.68. The minimum atomic E-state index is -1.43. The van der Waals surface area contributed by atoms with Crippen molar-refractivity contribution in [3.63, 3.8) is 0 Å². The van der Waals surface area contributed by atoms with Crippen LogP contribution in [0.1, 0.15) is 0 Å². The highest BCUT2D eigenvalue weighted by atomic mass is 31.1. The van der Waals surface area contributed by atoms with E-state index in [2.05, 4.69) is 0 Å². The van der Waals surface area contributed by atoms with Crippen LogP contribution in [0.25, 0.3) is 0 Å². The largest absolute Gasteiger partial charge is 0.333 e. The first-order chi connectivity index (χ1) is 20.2. The molecule has 0 spiro atoms. The van der Waals surface area contributed by atoms with E-state index >= 15 is 0 Å². The molecule has 6 rings (SSSR count). The van der Waals surface area contributed by atoms with E-state index < -0.39 is 40.3 Å². The first-order valence-electron chi connectivity index (χ1n) is 13.3. The summed E-state index contributed by atoms with van der Waals surface area (Å²) in [5.74, 6) is -0.858. The van der Waals surface area contributed by atoms with Gasteiger partial charge in [-0.3, -0.25) is 9.59 Å². The van der Waals surface area contributed by atoms with Crippen LogP contribution in [0.15, 0.2) is 152 Å². The number of hydrogen-bond acceptors (Lipinski definition) is 4. The molecule has 2 amide bonds. The molecule has 7 heteroatoms. The van der Waals surface area contributed by atoms with Gasteiger partial charge in [0.15, 0.2) is 12.2 Å². The zero-order chi connectivity index (χ0) is 28.0. The summed E-state index contributed by atoms with van der Waals surface area (Å²) in [4.78, 5) is 29.4. The van der Waals surface area contributed by atoms with E-state index in [1.165, 1.54) is 4.90 Å². The Morgan fingerprint density at radius 3 is 0.976 bits per heavy atom. The molecule has 41 heavy (non-hydrogen) atoms. The molecular weight excluding hydrogens is 548 g/mol. The first-order valence-corrected chi connectivity index (χ1v) is 15.8. The summed E-state index contributed by atoms with van der Waals surface area (Å²) in [5, 5.41) is 3.77. The van der Waals surface area contributed by atoms with E-state index in [1.54, 1.807) is 12.1 Å². The summed E-state index contributed by atoms with van der Waals surface area (Å²) in [7, 11) is -2.86. The lowest BCUT2D eigenvalue weighted by Gasteiger charge is -2.27. The molecule has 1 heterocycles. The van der Waals surface area contributed by atoms with Crippen LogP contribution in [-0.4, -0.2) is 24.0 Å². The molecule has 0 unspecified atom stereocenters. The number of imide groups is 1. The fourth-order valence-corrected chi connectivity index (χ4v) is 8.39. The Kier molecular flexibility index (Phi) is 8.41. The number of anilines is 1. The van der Waals surface area contributed by atoms with Gasteiger partial charge in [0.25, 0.3) is 11.8 Å². The molecule has 1 fully saturated rings. The van der Waals surface area contributed by atoms with Crippen LogP contribution in [0, 0.1) is 0 Å². The van der Waals surface area contributed by atoms with Crippen LogP contribution >= 0.6 is 16.3 Å². The number of rotatable bonds is 9. The third kappa shape index (κ3) is 5.91. The topological polar surface area (TPSA) is 55.8 Å². The lowest BCUT2D eigenvalue weighted by molar-refractivity contribution is -0.125. The summed E-state index contributed by atoms with van der Waals surface area (Å²) >= 11 is 0. The Bertz CT molecular complexity index is 1410. The van der Waals surface area contributed by atoms with Gasteiger partial charge in [0.1, 0.15) is 0 Å². The zero-order valence-corrected chi connectivity index (χ0v) is 23.9. The molecule has 0 aliphatic carbocycles. The van der Waals surface area contributed by atoms with E-state index in [0.717, 1.165) is 21.2 Å². The van der Waals surface area contributed by atoms with E-state index in [0.29, 0.717) is 5.69 Å². The van der Waals surface area contributed by atoms with Crippen LogP contribution < -0.4 is 26.1 Å². The number of carbonyl (C=O) groups excluding carboxylic acids is 2. The third-order valence-electron chi connectivity index (χ3n) is 6.62. The standard InChI is InChI=1S/C34H27NO4P2/c36-33-31(38-40(27-18-8-2-9-19-27)28-20-10-3-11-21-28)32(34(37)35(33)26-16-6-1-7-17-26)39-41(29-22-12-4-13-23-29)30-24-14-5-15-25-30/h1-25,31-32H/t31-,32-/m1/s1. The molecule has 5 nitrogen and oxygen atoms in total. The highest BCUT2D eigenvalue weighted by Crippen LogP contribution is 2.44. The van der Waals surface area contributed by atoms with Crippen molar-refractivity contribution in [2.75, 3.05) is 4.90 Å². The second-order valence-electron chi connectivity index (χ2n) is 9.33. The Balaban J connectivity index is 1.43. The number of nitrogens with zero attached hydrogens (tertiary/aromatic N) is 1. The summed E-state index contributed by atoms with van der Waals surface area (Å²) in [6.07, 6.45) is -2.27. The summed E-state index contributed by atoms with van der Waals surface area (Å²) in [6.45, 7) is 0. The smallest absolute Gasteiger partial charge is 0.266 e. The van der Waals surface area contributed by atoms with Gasteiger partial charge in [-0.2, -0.15) is 0 Å². The molecule has 5 aromatic carbocycles. The Hall–Kier alpha value is -3.98. The summed E-state index contributed by atoms with van der Waals surface area (Å²) < 4.78 is 13.5. The molecular formula is C34H27NO4P2. The molecule has 0 radical (unpaired) electrons. The van der Waals surface area contributed by atoms with Gasteiger partial charge >= 0.3 is 0 Å². The molecule has 0 bridgehead atoms. The van der Waals surface area contributed by atoms with E-state index in [-0.39, 0.29) is 0 Å². The van der Waals surface area contributed by atoms with Crippen molar-refractivity contribution < 1.29 is 18.6 Å². The summed E-state index contributed by atoms with van der Waals surface area (Å²) in [6, 6.07) is 48.3. The molecule has 202 valence electrons. The number of benzene rings is 5. The average molecular weight is 576 g/mol. The van der Waals surface area contributed by atoms with Crippen LogP contribution in [0.2, 0.25) is 0 Å². The van der Waals surface area contributed by atoms with Crippen LogP contribution in [-0.2, 0) is 18.6 Å². The van der Waals surface area contributed by atoms with Gasteiger partial charge in [0.05, 0.1) is 22.0 Å². The van der Waals surface area contributed by atoms with Gasteiger partial charge in [0, 0.05) is 21.2 Å².